The van der Waals surface area contributed by atoms with E-state index in [1.165, 1.54) is 5.56 Å². The minimum absolute atomic E-state index is 0.0459. The lowest BCUT2D eigenvalue weighted by Crippen LogP contribution is -2.20. The fraction of sp³-hybridized carbons (Fsp3) is 0.316. The number of benzene rings is 2. The number of urea groups is 1. The zero-order chi connectivity index (χ0) is 16.8. The van der Waals surface area contributed by atoms with Crippen LogP contribution >= 0.6 is 0 Å². The first-order chi connectivity index (χ1) is 11.0. The number of hydrogen-bond donors (Lipinski definition) is 2. The molecule has 122 valence electrons. The van der Waals surface area contributed by atoms with Gasteiger partial charge in [-0.2, -0.15) is 0 Å². The zero-order valence-electron chi connectivity index (χ0n) is 14.1. The maximum atomic E-state index is 12.2. The lowest BCUT2D eigenvalue weighted by molar-refractivity contribution is 0.243. The second kappa shape index (κ2) is 7.68. The third-order valence-corrected chi connectivity index (χ3v) is 3.33. The first-order valence-electron chi connectivity index (χ1n) is 7.89. The smallest absolute Gasteiger partial charge is 0.323 e. The Kier molecular flexibility index (Phi) is 5.63. The van der Waals surface area contributed by atoms with E-state index in [-0.39, 0.29) is 12.1 Å². The molecule has 2 rings (SSSR count). The summed E-state index contributed by atoms with van der Waals surface area (Å²) < 4.78 is 5.70. The number of carbonyl (C=O) groups is 1. The van der Waals surface area contributed by atoms with Crippen molar-refractivity contribution in [2.24, 2.45) is 0 Å². The lowest BCUT2D eigenvalue weighted by Gasteiger charge is -2.15. The fourth-order valence-electron chi connectivity index (χ4n) is 2.16. The van der Waals surface area contributed by atoms with Crippen molar-refractivity contribution in [2.75, 3.05) is 10.6 Å². The van der Waals surface area contributed by atoms with Crippen molar-refractivity contribution in [3.63, 3.8) is 0 Å². The standard InChI is InChI=1S/C19H24N2O2/c1-13(2)15-9-11-16(12-10-15)20-19(22)21-17-7-5-6-8-18(17)23-14(3)4/h5-14H,1-4H3,(H2,20,21,22). The summed E-state index contributed by atoms with van der Waals surface area (Å²) in [5.41, 5.74) is 2.65. The lowest BCUT2D eigenvalue weighted by atomic mass is 10.0. The Balaban J connectivity index is 2.02. The molecule has 0 radical (unpaired) electrons. The van der Waals surface area contributed by atoms with Crippen LogP contribution in [0.4, 0.5) is 16.2 Å². The summed E-state index contributed by atoms with van der Waals surface area (Å²) in [5.74, 6) is 1.13. The number of para-hydroxylation sites is 2. The summed E-state index contributed by atoms with van der Waals surface area (Å²) in [5, 5.41) is 5.66. The maximum absolute atomic E-state index is 12.2. The highest BCUT2D eigenvalue weighted by atomic mass is 16.5. The summed E-state index contributed by atoms with van der Waals surface area (Å²) in [6.45, 7) is 8.18. The van der Waals surface area contributed by atoms with Crippen molar-refractivity contribution in [2.45, 2.75) is 39.7 Å². The Morgan fingerprint density at radius 1 is 0.913 bits per heavy atom. The van der Waals surface area contributed by atoms with Gasteiger partial charge in [0.1, 0.15) is 5.75 Å². The SMILES string of the molecule is CC(C)Oc1ccccc1NC(=O)Nc1ccc(C(C)C)cc1. The van der Waals surface area contributed by atoms with Gasteiger partial charge in [0, 0.05) is 5.69 Å². The van der Waals surface area contributed by atoms with Gasteiger partial charge < -0.3 is 15.4 Å². The van der Waals surface area contributed by atoms with Crippen molar-refractivity contribution in [3.8, 4) is 5.75 Å². The first kappa shape index (κ1) is 16.9. The molecule has 0 unspecified atom stereocenters. The number of anilines is 2. The molecule has 0 atom stereocenters. The van der Waals surface area contributed by atoms with Crippen LogP contribution in [0.5, 0.6) is 5.75 Å². The van der Waals surface area contributed by atoms with Gasteiger partial charge in [-0.05, 0) is 49.6 Å². The van der Waals surface area contributed by atoms with Crippen LogP contribution in [0.2, 0.25) is 0 Å². The third-order valence-electron chi connectivity index (χ3n) is 3.33. The average molecular weight is 312 g/mol. The van der Waals surface area contributed by atoms with Gasteiger partial charge in [0.25, 0.3) is 0 Å². The van der Waals surface area contributed by atoms with Gasteiger partial charge in [0.2, 0.25) is 0 Å². The van der Waals surface area contributed by atoms with E-state index >= 15 is 0 Å². The number of carbonyl (C=O) groups excluding carboxylic acids is 1. The molecule has 0 aliphatic rings. The van der Waals surface area contributed by atoms with Gasteiger partial charge in [0.05, 0.1) is 11.8 Å². The molecule has 0 aromatic heterocycles. The van der Waals surface area contributed by atoms with E-state index in [1.54, 1.807) is 0 Å². The van der Waals surface area contributed by atoms with Crippen molar-refractivity contribution >= 4 is 17.4 Å². The molecule has 0 saturated heterocycles. The van der Waals surface area contributed by atoms with Crippen molar-refractivity contribution in [3.05, 3.63) is 54.1 Å². The van der Waals surface area contributed by atoms with Crippen LogP contribution in [-0.4, -0.2) is 12.1 Å². The van der Waals surface area contributed by atoms with Crippen LogP contribution in [0.25, 0.3) is 0 Å². The predicted octanol–water partition coefficient (Wildman–Crippen LogP) is 5.24. The van der Waals surface area contributed by atoms with E-state index in [4.69, 9.17) is 4.74 Å². The molecule has 4 heteroatoms. The van der Waals surface area contributed by atoms with E-state index < -0.39 is 0 Å². The molecule has 0 heterocycles. The van der Waals surface area contributed by atoms with Crippen molar-refractivity contribution in [1.82, 2.24) is 0 Å². The molecular weight excluding hydrogens is 288 g/mol. The van der Waals surface area contributed by atoms with Gasteiger partial charge in [-0.3, -0.25) is 0 Å². The molecule has 0 aliphatic heterocycles. The minimum Gasteiger partial charge on any atom is -0.489 e. The van der Waals surface area contributed by atoms with E-state index in [9.17, 15) is 4.79 Å². The molecule has 23 heavy (non-hydrogen) atoms. The van der Waals surface area contributed by atoms with Crippen LogP contribution in [0.1, 0.15) is 39.2 Å². The fourth-order valence-corrected chi connectivity index (χ4v) is 2.16. The van der Waals surface area contributed by atoms with Gasteiger partial charge >= 0.3 is 6.03 Å². The van der Waals surface area contributed by atoms with Gasteiger partial charge in [-0.1, -0.05) is 38.1 Å². The number of amides is 2. The molecular formula is C19H24N2O2. The molecule has 0 aliphatic carbocycles. The normalized spacial score (nSPS) is 10.7. The van der Waals surface area contributed by atoms with Crippen LogP contribution in [0.15, 0.2) is 48.5 Å². The number of ether oxygens (including phenoxy) is 1. The molecule has 0 saturated carbocycles. The molecule has 2 amide bonds. The van der Waals surface area contributed by atoms with Gasteiger partial charge in [0.15, 0.2) is 0 Å². The molecule has 0 spiro atoms. The molecule has 2 aromatic carbocycles. The number of nitrogens with one attached hydrogen (secondary N) is 2. The van der Waals surface area contributed by atoms with Crippen molar-refractivity contribution in [1.29, 1.82) is 0 Å². The highest BCUT2D eigenvalue weighted by Gasteiger charge is 2.09. The highest BCUT2D eigenvalue weighted by Crippen LogP contribution is 2.25. The highest BCUT2D eigenvalue weighted by molar-refractivity contribution is 6.00. The van der Waals surface area contributed by atoms with Crippen LogP contribution in [-0.2, 0) is 0 Å². The second-order valence-electron chi connectivity index (χ2n) is 6.02. The Labute approximate surface area is 137 Å². The van der Waals surface area contributed by atoms with E-state index in [0.717, 1.165) is 5.69 Å². The molecule has 2 N–H and O–H groups in total. The largest absolute Gasteiger partial charge is 0.489 e. The predicted molar refractivity (Wildman–Crippen MR) is 95.4 cm³/mol. The molecule has 2 aromatic rings. The Morgan fingerprint density at radius 3 is 2.17 bits per heavy atom. The Bertz CT molecular complexity index is 649. The van der Waals surface area contributed by atoms with Crippen LogP contribution in [0, 0.1) is 0 Å². The van der Waals surface area contributed by atoms with Crippen molar-refractivity contribution < 1.29 is 9.53 Å². The monoisotopic (exact) mass is 312 g/mol. The maximum Gasteiger partial charge on any atom is 0.323 e. The molecule has 4 nitrogen and oxygen atoms in total. The summed E-state index contributed by atoms with van der Waals surface area (Å²) >= 11 is 0. The summed E-state index contributed by atoms with van der Waals surface area (Å²) in [7, 11) is 0. The van der Waals surface area contributed by atoms with E-state index in [2.05, 4.69) is 24.5 Å². The van der Waals surface area contributed by atoms with E-state index in [0.29, 0.717) is 17.4 Å². The topological polar surface area (TPSA) is 50.4 Å². The first-order valence-corrected chi connectivity index (χ1v) is 7.89. The van der Waals surface area contributed by atoms with Gasteiger partial charge in [-0.25, -0.2) is 4.79 Å². The molecule has 0 fully saturated rings. The summed E-state index contributed by atoms with van der Waals surface area (Å²) in [6, 6.07) is 15.0. The Morgan fingerprint density at radius 2 is 1.57 bits per heavy atom. The van der Waals surface area contributed by atoms with Crippen LogP contribution < -0.4 is 15.4 Å². The summed E-state index contributed by atoms with van der Waals surface area (Å²) in [6.07, 6.45) is 0.0459. The van der Waals surface area contributed by atoms with Gasteiger partial charge in [-0.15, -0.1) is 0 Å². The Hall–Kier alpha value is -2.49. The summed E-state index contributed by atoms with van der Waals surface area (Å²) in [4.78, 5) is 12.2. The quantitative estimate of drug-likeness (QED) is 0.793. The average Bonchev–Trinajstić information content (AvgIpc) is 2.49. The number of rotatable bonds is 5. The second-order valence-corrected chi connectivity index (χ2v) is 6.02. The van der Waals surface area contributed by atoms with E-state index in [1.807, 2.05) is 62.4 Å². The third kappa shape index (κ3) is 5.02. The molecule has 0 bridgehead atoms. The zero-order valence-corrected chi connectivity index (χ0v) is 14.1. The number of hydrogen-bond acceptors (Lipinski definition) is 2. The van der Waals surface area contributed by atoms with Crippen LogP contribution in [0.3, 0.4) is 0 Å². The minimum atomic E-state index is -0.290.